The van der Waals surface area contributed by atoms with Gasteiger partial charge in [0.1, 0.15) is 22.6 Å². The number of hydrogen-bond donors (Lipinski definition) is 1. The van der Waals surface area contributed by atoms with Crippen LogP contribution in [0.5, 0.6) is 0 Å². The van der Waals surface area contributed by atoms with E-state index < -0.39 is 5.60 Å². The quantitative estimate of drug-likeness (QED) is 0.916. The SMILES string of the molecule is Cc1sc2ncnc(N3CC(O)(C(C)C)C3)c2c1C. The highest BCUT2D eigenvalue weighted by Gasteiger charge is 2.44. The number of thiophene rings is 1. The Morgan fingerprint density at radius 3 is 2.63 bits per heavy atom. The van der Waals surface area contributed by atoms with Gasteiger partial charge in [-0.25, -0.2) is 9.97 Å². The minimum atomic E-state index is -0.573. The van der Waals surface area contributed by atoms with E-state index in [2.05, 4.69) is 42.6 Å². The number of β-amino-alcohol motifs (C(OH)–C–C–N with tert-alkyl or cyclic N) is 1. The Hall–Kier alpha value is -1.20. The summed E-state index contributed by atoms with van der Waals surface area (Å²) in [4.78, 5) is 13.3. The van der Waals surface area contributed by atoms with Crippen LogP contribution in [0.4, 0.5) is 5.82 Å². The van der Waals surface area contributed by atoms with Crippen molar-refractivity contribution >= 4 is 27.4 Å². The Kier molecular flexibility index (Phi) is 2.80. The highest BCUT2D eigenvalue weighted by Crippen LogP contribution is 2.39. The predicted molar refractivity (Wildman–Crippen MR) is 78.9 cm³/mol. The zero-order chi connectivity index (χ0) is 13.8. The Labute approximate surface area is 117 Å². The zero-order valence-electron chi connectivity index (χ0n) is 11.8. The van der Waals surface area contributed by atoms with E-state index in [0.29, 0.717) is 13.1 Å². The van der Waals surface area contributed by atoms with E-state index in [1.807, 2.05) is 0 Å². The van der Waals surface area contributed by atoms with Crippen LogP contribution >= 0.6 is 11.3 Å². The molecule has 0 spiro atoms. The van der Waals surface area contributed by atoms with Crippen molar-refractivity contribution in [1.29, 1.82) is 0 Å². The minimum Gasteiger partial charge on any atom is -0.386 e. The number of aromatic nitrogens is 2. The van der Waals surface area contributed by atoms with Gasteiger partial charge in [-0.3, -0.25) is 0 Å². The van der Waals surface area contributed by atoms with Crippen LogP contribution in [0.25, 0.3) is 10.2 Å². The van der Waals surface area contributed by atoms with E-state index >= 15 is 0 Å². The fraction of sp³-hybridized carbons (Fsp3) is 0.571. The van der Waals surface area contributed by atoms with Gasteiger partial charge < -0.3 is 10.0 Å². The third-order valence-electron chi connectivity index (χ3n) is 4.25. The third-order valence-corrected chi connectivity index (χ3v) is 5.36. The molecule has 1 aliphatic heterocycles. The van der Waals surface area contributed by atoms with Gasteiger partial charge in [0.05, 0.1) is 18.5 Å². The van der Waals surface area contributed by atoms with Gasteiger partial charge in [0.25, 0.3) is 0 Å². The lowest BCUT2D eigenvalue weighted by molar-refractivity contribution is -0.0303. The van der Waals surface area contributed by atoms with Crippen molar-refractivity contribution in [1.82, 2.24) is 9.97 Å². The molecule has 1 N–H and O–H groups in total. The summed E-state index contributed by atoms with van der Waals surface area (Å²) in [6.07, 6.45) is 1.62. The van der Waals surface area contributed by atoms with E-state index in [1.165, 1.54) is 10.4 Å². The molecular weight excluding hydrogens is 258 g/mol. The number of fused-ring (bicyclic) bond motifs is 1. The van der Waals surface area contributed by atoms with Gasteiger partial charge in [0.2, 0.25) is 0 Å². The topological polar surface area (TPSA) is 49.2 Å². The molecule has 3 heterocycles. The molecule has 5 heteroatoms. The van der Waals surface area contributed by atoms with Crippen LogP contribution in [0.1, 0.15) is 24.3 Å². The lowest BCUT2D eigenvalue weighted by Gasteiger charge is -2.49. The molecule has 19 heavy (non-hydrogen) atoms. The average molecular weight is 277 g/mol. The second-order valence-electron chi connectivity index (χ2n) is 5.78. The standard InChI is InChI=1S/C14H19N3OS/c1-8(2)14(18)5-17(6-14)12-11-9(3)10(4)19-13(11)16-7-15-12/h7-8,18H,5-6H2,1-4H3. The molecule has 102 valence electrons. The van der Waals surface area contributed by atoms with Gasteiger partial charge in [-0.2, -0.15) is 0 Å². The van der Waals surface area contributed by atoms with E-state index in [9.17, 15) is 5.11 Å². The summed E-state index contributed by atoms with van der Waals surface area (Å²) in [5.74, 6) is 1.24. The Morgan fingerprint density at radius 2 is 2.00 bits per heavy atom. The molecular formula is C14H19N3OS. The van der Waals surface area contributed by atoms with Crippen LogP contribution in [0.3, 0.4) is 0 Å². The lowest BCUT2D eigenvalue weighted by Crippen LogP contribution is -2.65. The third kappa shape index (κ3) is 1.83. The van der Waals surface area contributed by atoms with Gasteiger partial charge in [0.15, 0.2) is 0 Å². The number of hydrogen-bond acceptors (Lipinski definition) is 5. The summed E-state index contributed by atoms with van der Waals surface area (Å²) in [5.41, 5.74) is 0.687. The first-order valence-electron chi connectivity index (χ1n) is 6.60. The molecule has 0 atom stereocenters. The van der Waals surface area contributed by atoms with Crippen LogP contribution in [0.15, 0.2) is 6.33 Å². The Balaban J connectivity index is 1.99. The molecule has 0 saturated carbocycles. The normalized spacial score (nSPS) is 18.1. The fourth-order valence-electron chi connectivity index (χ4n) is 2.53. The Bertz CT molecular complexity index is 629. The van der Waals surface area contributed by atoms with Crippen LogP contribution in [-0.4, -0.2) is 33.8 Å². The maximum Gasteiger partial charge on any atom is 0.141 e. The van der Waals surface area contributed by atoms with Crippen LogP contribution in [0.2, 0.25) is 0 Å². The highest BCUT2D eigenvalue weighted by atomic mass is 32.1. The molecule has 2 aromatic heterocycles. The zero-order valence-corrected chi connectivity index (χ0v) is 12.6. The van der Waals surface area contributed by atoms with Crippen LogP contribution < -0.4 is 4.90 Å². The van der Waals surface area contributed by atoms with Gasteiger partial charge >= 0.3 is 0 Å². The number of anilines is 1. The molecule has 0 amide bonds. The van der Waals surface area contributed by atoms with E-state index in [4.69, 9.17) is 0 Å². The van der Waals surface area contributed by atoms with E-state index in [-0.39, 0.29) is 5.92 Å². The smallest absolute Gasteiger partial charge is 0.141 e. The van der Waals surface area contributed by atoms with Crippen molar-refractivity contribution in [2.24, 2.45) is 5.92 Å². The first-order chi connectivity index (χ1) is 8.92. The van der Waals surface area contributed by atoms with Crippen molar-refractivity contribution in [3.63, 3.8) is 0 Å². The minimum absolute atomic E-state index is 0.270. The molecule has 1 saturated heterocycles. The van der Waals surface area contributed by atoms with Gasteiger partial charge in [-0.15, -0.1) is 11.3 Å². The molecule has 0 aromatic carbocycles. The number of rotatable bonds is 2. The highest BCUT2D eigenvalue weighted by molar-refractivity contribution is 7.18. The molecule has 3 rings (SSSR count). The molecule has 0 bridgehead atoms. The summed E-state index contributed by atoms with van der Waals surface area (Å²) in [7, 11) is 0. The average Bonchev–Trinajstić information content (AvgIpc) is 2.61. The number of aliphatic hydroxyl groups is 1. The Morgan fingerprint density at radius 1 is 1.32 bits per heavy atom. The molecule has 0 radical (unpaired) electrons. The van der Waals surface area contributed by atoms with Crippen molar-refractivity contribution in [3.05, 3.63) is 16.8 Å². The van der Waals surface area contributed by atoms with Crippen LogP contribution in [-0.2, 0) is 0 Å². The maximum atomic E-state index is 10.4. The predicted octanol–water partition coefficient (Wildman–Crippen LogP) is 2.52. The molecule has 0 aliphatic carbocycles. The fourth-order valence-corrected chi connectivity index (χ4v) is 3.52. The largest absolute Gasteiger partial charge is 0.386 e. The monoisotopic (exact) mass is 277 g/mol. The van der Waals surface area contributed by atoms with E-state index in [0.717, 1.165) is 16.0 Å². The summed E-state index contributed by atoms with van der Waals surface area (Å²) in [5, 5.41) is 11.5. The van der Waals surface area contributed by atoms with E-state index in [1.54, 1.807) is 17.7 Å². The van der Waals surface area contributed by atoms with Gasteiger partial charge in [-0.1, -0.05) is 13.8 Å². The lowest BCUT2D eigenvalue weighted by atomic mass is 9.83. The van der Waals surface area contributed by atoms with Gasteiger partial charge in [0, 0.05) is 4.88 Å². The first kappa shape index (κ1) is 12.8. The van der Waals surface area contributed by atoms with Crippen molar-refractivity contribution in [2.75, 3.05) is 18.0 Å². The van der Waals surface area contributed by atoms with Crippen molar-refractivity contribution in [3.8, 4) is 0 Å². The molecule has 1 fully saturated rings. The summed E-state index contributed by atoms with van der Waals surface area (Å²) >= 11 is 1.71. The molecule has 4 nitrogen and oxygen atoms in total. The van der Waals surface area contributed by atoms with Crippen LogP contribution in [0, 0.1) is 19.8 Å². The summed E-state index contributed by atoms with van der Waals surface area (Å²) in [6, 6.07) is 0. The number of aryl methyl sites for hydroxylation is 2. The summed E-state index contributed by atoms with van der Waals surface area (Å²) in [6.45, 7) is 9.68. The number of nitrogens with zero attached hydrogens (tertiary/aromatic N) is 3. The summed E-state index contributed by atoms with van der Waals surface area (Å²) < 4.78 is 0. The molecule has 0 unspecified atom stereocenters. The second kappa shape index (κ2) is 4.15. The first-order valence-corrected chi connectivity index (χ1v) is 7.42. The molecule has 2 aromatic rings. The maximum absolute atomic E-state index is 10.4. The van der Waals surface area contributed by atoms with Crippen molar-refractivity contribution < 1.29 is 5.11 Å². The van der Waals surface area contributed by atoms with Gasteiger partial charge in [-0.05, 0) is 25.3 Å². The van der Waals surface area contributed by atoms with Crippen molar-refractivity contribution in [2.45, 2.75) is 33.3 Å². The second-order valence-corrected chi connectivity index (χ2v) is 6.98. The molecule has 1 aliphatic rings.